The summed E-state index contributed by atoms with van der Waals surface area (Å²) in [6, 6.07) is 6.28. The van der Waals surface area contributed by atoms with Crippen molar-refractivity contribution >= 4 is 35.2 Å². The molecule has 0 aromatic heterocycles. The zero-order chi connectivity index (χ0) is 20.0. The van der Waals surface area contributed by atoms with E-state index in [1.165, 1.54) is 14.2 Å². The molecule has 0 aliphatic carbocycles. The molecule has 1 heterocycles. The molecule has 3 amide bonds. The molecule has 1 aromatic carbocycles. The third kappa shape index (κ3) is 4.64. The van der Waals surface area contributed by atoms with Crippen molar-refractivity contribution < 1.29 is 23.9 Å². The lowest BCUT2D eigenvalue weighted by Crippen LogP contribution is -2.51. The molecule has 0 bridgehead atoms. The second kappa shape index (κ2) is 8.67. The topological polar surface area (TPSA) is 109 Å². The van der Waals surface area contributed by atoms with E-state index >= 15 is 0 Å². The molecular weight excluding hydrogens is 372 g/mol. The summed E-state index contributed by atoms with van der Waals surface area (Å²) in [4.78, 5) is 36.2. The number of nitrogens with zero attached hydrogens (tertiary/aromatic N) is 1. The Bertz CT molecular complexity index is 757. The van der Waals surface area contributed by atoms with Gasteiger partial charge in [0, 0.05) is 13.0 Å². The number of methoxy groups -OCH3 is 2. The van der Waals surface area contributed by atoms with Crippen LogP contribution in [0.1, 0.15) is 25.3 Å². The quantitative estimate of drug-likeness (QED) is 0.270. The minimum absolute atomic E-state index is 0.0956. The molecule has 1 saturated heterocycles. The highest BCUT2D eigenvalue weighted by atomic mass is 32.1. The van der Waals surface area contributed by atoms with Gasteiger partial charge in [0.25, 0.3) is 5.91 Å². The number of hydrogen-bond acceptors (Lipinski definition) is 6. The molecule has 1 atom stereocenters. The first-order valence-electron chi connectivity index (χ1n) is 8.24. The van der Waals surface area contributed by atoms with Gasteiger partial charge in [0.15, 0.2) is 5.11 Å². The first-order chi connectivity index (χ1) is 12.8. The maximum absolute atomic E-state index is 12.8. The number of imide groups is 1. The van der Waals surface area contributed by atoms with Crippen LogP contribution in [0.25, 0.3) is 0 Å². The van der Waals surface area contributed by atoms with Gasteiger partial charge in [0.05, 0.1) is 14.2 Å². The largest absolute Gasteiger partial charge is 0.497 e. The van der Waals surface area contributed by atoms with E-state index in [9.17, 15) is 14.4 Å². The number of carbonyl (C=O) groups excluding carboxylic acids is 3. The lowest BCUT2D eigenvalue weighted by molar-refractivity contribution is -0.140. The molecule has 0 unspecified atom stereocenters. The van der Waals surface area contributed by atoms with Crippen molar-refractivity contribution in [3.05, 3.63) is 29.8 Å². The monoisotopic (exact) mass is 394 g/mol. The van der Waals surface area contributed by atoms with Crippen LogP contribution in [0.5, 0.6) is 5.75 Å². The first-order valence-corrected chi connectivity index (χ1v) is 8.65. The average Bonchev–Trinajstić information content (AvgIpc) is 2.89. The van der Waals surface area contributed by atoms with Gasteiger partial charge < -0.3 is 20.1 Å². The highest BCUT2D eigenvalue weighted by Crippen LogP contribution is 2.30. The Balaban J connectivity index is 1.98. The predicted octanol–water partition coefficient (Wildman–Crippen LogP) is 0.794. The van der Waals surface area contributed by atoms with Crippen molar-refractivity contribution in [2.45, 2.75) is 25.3 Å². The van der Waals surface area contributed by atoms with Crippen LogP contribution < -0.4 is 20.8 Å². The Morgan fingerprint density at radius 2 is 2.07 bits per heavy atom. The third-order valence-corrected chi connectivity index (χ3v) is 4.36. The molecule has 146 valence electrons. The predicted molar refractivity (Wildman–Crippen MR) is 101 cm³/mol. The standard InChI is InChI=1S/C17H22N4O5S/c1-17(11-6-4-7-12(10-11)25-2)14(23)21(16(24)19-17)20-15(27)18-9-5-8-13(22)26-3/h4,6-7,10H,5,8-9H2,1-3H3,(H,19,24)(H2,18,20,27)/t17-/m1/s1. The van der Waals surface area contributed by atoms with E-state index in [4.69, 9.17) is 17.0 Å². The fraction of sp³-hybridized carbons (Fsp3) is 0.412. The molecule has 2 rings (SSSR count). The van der Waals surface area contributed by atoms with Crippen LogP contribution in [0.3, 0.4) is 0 Å². The highest BCUT2D eigenvalue weighted by molar-refractivity contribution is 7.80. The van der Waals surface area contributed by atoms with Crippen LogP contribution in [-0.2, 0) is 19.9 Å². The molecule has 0 radical (unpaired) electrons. The van der Waals surface area contributed by atoms with Gasteiger partial charge in [-0.05, 0) is 43.3 Å². The zero-order valence-corrected chi connectivity index (χ0v) is 16.1. The Hall–Kier alpha value is -2.88. The minimum Gasteiger partial charge on any atom is -0.497 e. The number of nitrogens with one attached hydrogen (secondary N) is 3. The number of carbonyl (C=O) groups is 3. The maximum Gasteiger partial charge on any atom is 0.344 e. The smallest absolute Gasteiger partial charge is 0.344 e. The van der Waals surface area contributed by atoms with E-state index in [1.807, 2.05) is 0 Å². The summed E-state index contributed by atoms with van der Waals surface area (Å²) in [6.07, 6.45) is 0.735. The zero-order valence-electron chi connectivity index (χ0n) is 15.3. The van der Waals surface area contributed by atoms with E-state index in [0.29, 0.717) is 24.3 Å². The van der Waals surface area contributed by atoms with Crippen LogP contribution in [0.15, 0.2) is 24.3 Å². The van der Waals surface area contributed by atoms with Gasteiger partial charge >= 0.3 is 12.0 Å². The fourth-order valence-electron chi connectivity index (χ4n) is 2.55. The highest BCUT2D eigenvalue weighted by Gasteiger charge is 2.49. The minimum atomic E-state index is -1.25. The van der Waals surface area contributed by atoms with Crippen LogP contribution in [0.4, 0.5) is 4.79 Å². The van der Waals surface area contributed by atoms with Crippen molar-refractivity contribution in [2.24, 2.45) is 0 Å². The van der Waals surface area contributed by atoms with Crippen molar-refractivity contribution in [1.82, 2.24) is 21.1 Å². The molecule has 3 N–H and O–H groups in total. The van der Waals surface area contributed by atoms with E-state index in [2.05, 4.69) is 20.8 Å². The Labute approximate surface area is 162 Å². The van der Waals surface area contributed by atoms with Crippen LogP contribution in [0, 0.1) is 0 Å². The van der Waals surface area contributed by atoms with Gasteiger partial charge in [-0.25, -0.2) is 4.79 Å². The summed E-state index contributed by atoms with van der Waals surface area (Å²) in [5.41, 5.74) is 1.91. The number of thiocarbonyl (C=S) groups is 1. The molecule has 0 saturated carbocycles. The number of benzene rings is 1. The molecule has 1 fully saturated rings. The lowest BCUT2D eigenvalue weighted by atomic mass is 9.92. The lowest BCUT2D eigenvalue weighted by Gasteiger charge is -2.23. The van der Waals surface area contributed by atoms with Gasteiger partial charge in [0.2, 0.25) is 0 Å². The third-order valence-electron chi connectivity index (χ3n) is 4.12. The number of amides is 3. The van der Waals surface area contributed by atoms with Crippen LogP contribution in [-0.4, -0.2) is 48.8 Å². The Kier molecular flexibility index (Phi) is 6.56. The van der Waals surface area contributed by atoms with Gasteiger partial charge in [-0.2, -0.15) is 5.01 Å². The molecule has 1 aromatic rings. The molecule has 1 aliphatic heterocycles. The number of ether oxygens (including phenoxy) is 2. The fourth-order valence-corrected chi connectivity index (χ4v) is 2.74. The first kappa shape index (κ1) is 20.4. The molecule has 27 heavy (non-hydrogen) atoms. The molecule has 9 nitrogen and oxygen atoms in total. The van der Waals surface area contributed by atoms with Gasteiger partial charge in [0.1, 0.15) is 11.3 Å². The number of hydrazine groups is 1. The second-order valence-corrected chi connectivity index (χ2v) is 6.38. The number of urea groups is 1. The van der Waals surface area contributed by atoms with E-state index in [-0.39, 0.29) is 17.5 Å². The number of hydrogen-bond donors (Lipinski definition) is 3. The van der Waals surface area contributed by atoms with Gasteiger partial charge in [-0.1, -0.05) is 12.1 Å². The molecule has 1 aliphatic rings. The Morgan fingerprint density at radius 1 is 1.33 bits per heavy atom. The van der Waals surface area contributed by atoms with E-state index < -0.39 is 17.5 Å². The summed E-state index contributed by atoms with van der Waals surface area (Å²) < 4.78 is 9.72. The van der Waals surface area contributed by atoms with Crippen LogP contribution >= 0.6 is 12.2 Å². The summed E-state index contributed by atoms with van der Waals surface area (Å²) >= 11 is 5.10. The molecular formula is C17H22N4O5S. The molecule has 0 spiro atoms. The van der Waals surface area contributed by atoms with Crippen molar-refractivity contribution in [3.63, 3.8) is 0 Å². The van der Waals surface area contributed by atoms with Gasteiger partial charge in [-0.15, -0.1) is 0 Å². The molecule has 10 heteroatoms. The van der Waals surface area contributed by atoms with Crippen LogP contribution in [0.2, 0.25) is 0 Å². The van der Waals surface area contributed by atoms with Gasteiger partial charge in [-0.3, -0.25) is 15.0 Å². The average molecular weight is 394 g/mol. The Morgan fingerprint density at radius 3 is 2.74 bits per heavy atom. The normalized spacial score (nSPS) is 18.7. The SMILES string of the molecule is COC(=O)CCCNC(=S)NN1C(=O)N[C@](C)(c2cccc(OC)c2)C1=O. The van der Waals surface area contributed by atoms with E-state index in [1.54, 1.807) is 31.2 Å². The summed E-state index contributed by atoms with van der Waals surface area (Å²) in [5.74, 6) is -0.247. The second-order valence-electron chi connectivity index (χ2n) is 5.98. The summed E-state index contributed by atoms with van der Waals surface area (Å²) in [7, 11) is 2.84. The van der Waals surface area contributed by atoms with Crippen molar-refractivity contribution in [3.8, 4) is 5.75 Å². The van der Waals surface area contributed by atoms with Crippen molar-refractivity contribution in [2.75, 3.05) is 20.8 Å². The summed E-state index contributed by atoms with van der Waals surface area (Å²) in [6.45, 7) is 1.99. The van der Waals surface area contributed by atoms with E-state index in [0.717, 1.165) is 5.01 Å². The van der Waals surface area contributed by atoms with Crippen molar-refractivity contribution in [1.29, 1.82) is 0 Å². The number of esters is 1. The maximum atomic E-state index is 12.8. The number of rotatable bonds is 7. The summed E-state index contributed by atoms with van der Waals surface area (Å²) in [5, 5.41) is 6.42.